The van der Waals surface area contributed by atoms with E-state index in [9.17, 15) is 0 Å². The molecule has 0 aromatic heterocycles. The largest absolute Gasteiger partial charge is 0.489 e. The summed E-state index contributed by atoms with van der Waals surface area (Å²) in [5.74, 6) is 0.929. The number of hydrogen-bond donors (Lipinski definition) is 0. The molecule has 0 N–H and O–H groups in total. The molecule has 0 spiro atoms. The van der Waals surface area contributed by atoms with E-state index in [-0.39, 0.29) is 0 Å². The van der Waals surface area contributed by atoms with E-state index in [1.165, 1.54) is 22.3 Å². The van der Waals surface area contributed by atoms with Gasteiger partial charge in [-0.1, -0.05) is 65.8 Å². The van der Waals surface area contributed by atoms with Gasteiger partial charge in [-0.3, -0.25) is 4.90 Å². The maximum Gasteiger partial charge on any atom is 0.120 e. The molecule has 0 amide bonds. The summed E-state index contributed by atoms with van der Waals surface area (Å²) in [4.78, 5) is 2.33. The molecule has 27 heavy (non-hydrogen) atoms. The summed E-state index contributed by atoms with van der Waals surface area (Å²) in [5, 5.41) is 0. The van der Waals surface area contributed by atoms with E-state index in [2.05, 4.69) is 75.2 Å². The highest BCUT2D eigenvalue weighted by atomic mass is 16.5. The van der Waals surface area contributed by atoms with Gasteiger partial charge in [0.1, 0.15) is 12.4 Å². The minimum Gasteiger partial charge on any atom is -0.489 e. The average molecular weight is 364 g/mol. The van der Waals surface area contributed by atoms with E-state index < -0.39 is 0 Å². The molecule has 2 rings (SSSR count). The van der Waals surface area contributed by atoms with Gasteiger partial charge in [0.25, 0.3) is 0 Å². The molecule has 2 nitrogen and oxygen atoms in total. The molecule has 0 radical (unpaired) electrons. The zero-order chi connectivity index (χ0) is 19.5. The summed E-state index contributed by atoms with van der Waals surface area (Å²) in [5.41, 5.74) is 5.32. The van der Waals surface area contributed by atoms with Crippen molar-refractivity contribution >= 4 is 0 Å². The maximum atomic E-state index is 5.94. The average Bonchev–Trinajstić information content (AvgIpc) is 2.66. The molecule has 0 fully saturated rings. The Labute approximate surface area is 165 Å². The van der Waals surface area contributed by atoms with E-state index in [4.69, 9.17) is 4.74 Å². The Balaban J connectivity index is 1.81. The van der Waals surface area contributed by atoms with Crippen molar-refractivity contribution in [3.05, 3.63) is 89.0 Å². The molecule has 0 aliphatic heterocycles. The van der Waals surface area contributed by atoms with E-state index in [0.717, 1.165) is 31.7 Å². The smallest absolute Gasteiger partial charge is 0.120 e. The van der Waals surface area contributed by atoms with Gasteiger partial charge in [-0.25, -0.2) is 0 Å². The van der Waals surface area contributed by atoms with Crippen LogP contribution in [0.3, 0.4) is 0 Å². The molecule has 0 heterocycles. The standard InChI is InChI=1S/C25H33NO/c1-21(2)10-8-11-22(3)16-17-26(4)19-24-14-9-15-25(18-24)27-20-23-12-6-5-7-13-23/h5-7,9-10,12-16,18H,8,11,17,19-20H2,1-4H3. The van der Waals surface area contributed by atoms with Crippen molar-refractivity contribution in [1.82, 2.24) is 4.90 Å². The van der Waals surface area contributed by atoms with Crippen molar-refractivity contribution in [2.45, 2.75) is 46.8 Å². The summed E-state index contributed by atoms with van der Waals surface area (Å²) in [6.45, 7) is 9.03. The first-order valence-electron chi connectivity index (χ1n) is 9.76. The van der Waals surface area contributed by atoms with Gasteiger partial charge < -0.3 is 4.74 Å². The minimum absolute atomic E-state index is 0.605. The zero-order valence-corrected chi connectivity index (χ0v) is 17.2. The first-order valence-corrected chi connectivity index (χ1v) is 9.76. The third-order valence-electron chi connectivity index (χ3n) is 4.44. The Hall–Kier alpha value is -2.32. The first kappa shape index (κ1) is 21.0. The van der Waals surface area contributed by atoms with Gasteiger partial charge in [-0.05, 0) is 63.9 Å². The number of rotatable bonds is 10. The molecule has 2 heteroatoms. The van der Waals surface area contributed by atoms with Gasteiger partial charge in [0.15, 0.2) is 0 Å². The van der Waals surface area contributed by atoms with Gasteiger partial charge in [-0.2, -0.15) is 0 Å². The van der Waals surface area contributed by atoms with Gasteiger partial charge >= 0.3 is 0 Å². The molecule has 0 saturated heterocycles. The van der Waals surface area contributed by atoms with Crippen molar-refractivity contribution in [2.75, 3.05) is 13.6 Å². The fourth-order valence-corrected chi connectivity index (χ4v) is 2.85. The van der Waals surface area contributed by atoms with Crippen LogP contribution in [0.4, 0.5) is 0 Å². The van der Waals surface area contributed by atoms with Gasteiger partial charge in [0.05, 0.1) is 0 Å². The molecule has 0 unspecified atom stereocenters. The number of hydrogen-bond acceptors (Lipinski definition) is 2. The number of benzene rings is 2. The number of likely N-dealkylation sites (N-methyl/N-ethyl adjacent to an activating group) is 1. The predicted octanol–water partition coefficient (Wildman–Crippen LogP) is 6.39. The fraction of sp³-hybridized carbons (Fsp3) is 0.360. The summed E-state index contributed by atoms with van der Waals surface area (Å²) in [7, 11) is 2.16. The van der Waals surface area contributed by atoms with Crippen LogP contribution in [0.1, 0.15) is 44.7 Å². The van der Waals surface area contributed by atoms with Crippen molar-refractivity contribution < 1.29 is 4.74 Å². The Morgan fingerprint density at radius 2 is 1.67 bits per heavy atom. The second kappa shape index (κ2) is 11.4. The lowest BCUT2D eigenvalue weighted by molar-refractivity contribution is 0.304. The SMILES string of the molecule is CC(C)=CCCC(C)=CCN(C)Cc1cccc(OCc2ccccc2)c1. The van der Waals surface area contributed by atoms with Crippen molar-refractivity contribution in [3.63, 3.8) is 0 Å². The predicted molar refractivity (Wildman–Crippen MR) is 116 cm³/mol. The molecule has 0 aliphatic carbocycles. The topological polar surface area (TPSA) is 12.5 Å². The number of allylic oxidation sites excluding steroid dienone is 3. The minimum atomic E-state index is 0.605. The van der Waals surface area contributed by atoms with Crippen LogP contribution in [0.15, 0.2) is 77.9 Å². The lowest BCUT2D eigenvalue weighted by Gasteiger charge is -2.16. The highest BCUT2D eigenvalue weighted by Crippen LogP contribution is 2.16. The molecule has 0 saturated carbocycles. The van der Waals surface area contributed by atoms with Crippen molar-refractivity contribution in [3.8, 4) is 5.75 Å². The Morgan fingerprint density at radius 3 is 2.41 bits per heavy atom. The fourth-order valence-electron chi connectivity index (χ4n) is 2.85. The zero-order valence-electron chi connectivity index (χ0n) is 17.2. The molecule has 2 aromatic rings. The monoisotopic (exact) mass is 363 g/mol. The molecular formula is C25H33NO. The summed E-state index contributed by atoms with van der Waals surface area (Å²) < 4.78 is 5.94. The molecule has 0 atom stereocenters. The van der Waals surface area contributed by atoms with Gasteiger partial charge in [-0.15, -0.1) is 0 Å². The van der Waals surface area contributed by atoms with Gasteiger partial charge in [0, 0.05) is 13.1 Å². The Morgan fingerprint density at radius 1 is 0.926 bits per heavy atom. The van der Waals surface area contributed by atoms with Crippen molar-refractivity contribution in [1.29, 1.82) is 0 Å². The van der Waals surface area contributed by atoms with Crippen LogP contribution < -0.4 is 4.74 Å². The summed E-state index contributed by atoms with van der Waals surface area (Å²) in [6.07, 6.45) is 6.92. The third-order valence-corrected chi connectivity index (χ3v) is 4.44. The summed E-state index contributed by atoms with van der Waals surface area (Å²) >= 11 is 0. The molecule has 0 bridgehead atoms. The summed E-state index contributed by atoms with van der Waals surface area (Å²) in [6, 6.07) is 18.7. The van der Waals surface area contributed by atoms with Crippen molar-refractivity contribution in [2.24, 2.45) is 0 Å². The van der Waals surface area contributed by atoms with E-state index in [0.29, 0.717) is 6.61 Å². The maximum absolute atomic E-state index is 5.94. The second-order valence-electron chi connectivity index (χ2n) is 7.49. The normalized spacial score (nSPS) is 11.5. The van der Waals surface area contributed by atoms with Gasteiger partial charge in [0.2, 0.25) is 0 Å². The molecular weight excluding hydrogens is 330 g/mol. The van der Waals surface area contributed by atoms with Crippen LogP contribution >= 0.6 is 0 Å². The number of nitrogens with zero attached hydrogens (tertiary/aromatic N) is 1. The van der Waals surface area contributed by atoms with E-state index >= 15 is 0 Å². The Kier molecular flexibility index (Phi) is 8.86. The van der Waals surface area contributed by atoms with Crippen LogP contribution in [-0.4, -0.2) is 18.5 Å². The lowest BCUT2D eigenvalue weighted by atomic mass is 10.1. The number of ether oxygens (including phenoxy) is 1. The second-order valence-corrected chi connectivity index (χ2v) is 7.49. The first-order chi connectivity index (χ1) is 13.0. The quantitative estimate of drug-likeness (QED) is 0.453. The highest BCUT2D eigenvalue weighted by molar-refractivity contribution is 5.29. The highest BCUT2D eigenvalue weighted by Gasteiger charge is 2.02. The van der Waals surface area contributed by atoms with Crippen LogP contribution in [0, 0.1) is 0 Å². The van der Waals surface area contributed by atoms with Crippen LogP contribution in [0.2, 0.25) is 0 Å². The van der Waals surface area contributed by atoms with E-state index in [1.54, 1.807) is 0 Å². The third kappa shape index (κ3) is 8.74. The van der Waals surface area contributed by atoms with Crippen LogP contribution in [0.5, 0.6) is 5.75 Å². The Bertz CT molecular complexity index is 742. The van der Waals surface area contributed by atoms with Crippen LogP contribution in [-0.2, 0) is 13.2 Å². The molecule has 0 aliphatic rings. The van der Waals surface area contributed by atoms with Crippen LogP contribution in [0.25, 0.3) is 0 Å². The molecule has 2 aromatic carbocycles. The van der Waals surface area contributed by atoms with E-state index in [1.807, 2.05) is 24.3 Å². The molecule has 144 valence electrons. The lowest BCUT2D eigenvalue weighted by Crippen LogP contribution is -2.18.